The zero-order valence-corrected chi connectivity index (χ0v) is 20.2. The second-order valence-corrected chi connectivity index (χ2v) is 9.45. The molecule has 0 spiro atoms. The van der Waals surface area contributed by atoms with Crippen molar-refractivity contribution in [3.63, 3.8) is 0 Å². The number of nitrogens with zero attached hydrogens (tertiary/aromatic N) is 3. The van der Waals surface area contributed by atoms with E-state index in [4.69, 9.17) is 9.72 Å². The maximum atomic E-state index is 13.5. The van der Waals surface area contributed by atoms with Gasteiger partial charge in [-0.15, -0.1) is 11.3 Å². The number of rotatable bonds is 5. The van der Waals surface area contributed by atoms with Gasteiger partial charge in [-0.05, 0) is 80.1 Å². The zero-order chi connectivity index (χ0) is 24.5. The Morgan fingerprint density at radius 2 is 2.06 bits per heavy atom. The summed E-state index contributed by atoms with van der Waals surface area (Å²) in [5.74, 6) is 0.498. The van der Waals surface area contributed by atoms with Gasteiger partial charge in [-0.2, -0.15) is 5.10 Å². The van der Waals surface area contributed by atoms with E-state index < -0.39 is 5.91 Å². The number of nitrogens with one attached hydrogen (secondary N) is 1. The Kier molecular flexibility index (Phi) is 6.08. The minimum absolute atomic E-state index is 0.0201. The van der Waals surface area contributed by atoms with Crippen molar-refractivity contribution in [3.8, 4) is 17.2 Å². The van der Waals surface area contributed by atoms with E-state index in [0.29, 0.717) is 33.8 Å². The number of benzene rings is 2. The monoisotopic (exact) mass is 488 g/mol. The first kappa shape index (κ1) is 22.8. The van der Waals surface area contributed by atoms with Gasteiger partial charge in [-0.3, -0.25) is 14.2 Å². The molecule has 2 aromatic carbocycles. The molecule has 0 bridgehead atoms. The number of carbonyl (C=O) groups is 1. The van der Waals surface area contributed by atoms with Crippen LogP contribution in [0.1, 0.15) is 45.0 Å². The Morgan fingerprint density at radius 1 is 1.23 bits per heavy atom. The Labute approximate surface area is 205 Å². The molecule has 2 heterocycles. The maximum absolute atomic E-state index is 13.5. The number of hydrogen-bond donors (Lipinski definition) is 2. The quantitative estimate of drug-likeness (QED) is 0.325. The molecule has 4 aromatic rings. The Morgan fingerprint density at radius 3 is 2.89 bits per heavy atom. The number of aromatic nitrogens is 2. The van der Waals surface area contributed by atoms with E-state index in [2.05, 4.69) is 10.5 Å². The Hall–Kier alpha value is -3.98. The Balaban J connectivity index is 1.43. The molecule has 1 amide bonds. The van der Waals surface area contributed by atoms with Crippen LogP contribution in [0.15, 0.2) is 52.4 Å². The average Bonchev–Trinajstić information content (AvgIpc) is 3.23. The van der Waals surface area contributed by atoms with Crippen molar-refractivity contribution in [1.29, 1.82) is 0 Å². The molecule has 0 fully saturated rings. The normalized spacial score (nSPS) is 13.2. The molecule has 0 aliphatic heterocycles. The van der Waals surface area contributed by atoms with E-state index in [1.807, 2.05) is 6.92 Å². The lowest BCUT2D eigenvalue weighted by molar-refractivity contribution is 0.0955. The van der Waals surface area contributed by atoms with Crippen molar-refractivity contribution in [3.05, 3.63) is 80.2 Å². The fourth-order valence-electron chi connectivity index (χ4n) is 4.40. The fraction of sp³-hybridized carbons (Fsp3) is 0.231. The van der Waals surface area contributed by atoms with Gasteiger partial charge >= 0.3 is 0 Å². The molecule has 8 nitrogen and oxygen atoms in total. The average molecular weight is 489 g/mol. The van der Waals surface area contributed by atoms with Crippen LogP contribution in [-0.2, 0) is 12.8 Å². The van der Waals surface area contributed by atoms with E-state index in [1.54, 1.807) is 52.3 Å². The third-order valence-electron chi connectivity index (χ3n) is 6.11. The van der Waals surface area contributed by atoms with Crippen molar-refractivity contribution in [2.75, 3.05) is 7.11 Å². The summed E-state index contributed by atoms with van der Waals surface area (Å²) in [6, 6.07) is 11.6. The van der Waals surface area contributed by atoms with Crippen LogP contribution in [-0.4, -0.2) is 33.9 Å². The van der Waals surface area contributed by atoms with E-state index in [0.717, 1.165) is 36.1 Å². The van der Waals surface area contributed by atoms with Gasteiger partial charge in [-0.25, -0.2) is 10.4 Å². The molecular weight excluding hydrogens is 464 g/mol. The number of aromatic hydroxyl groups is 1. The van der Waals surface area contributed by atoms with Gasteiger partial charge in [0.2, 0.25) is 0 Å². The summed E-state index contributed by atoms with van der Waals surface area (Å²) >= 11 is 1.62. The second-order valence-electron chi connectivity index (χ2n) is 8.37. The highest BCUT2D eigenvalue weighted by atomic mass is 32.1. The minimum Gasteiger partial charge on any atom is -0.504 e. The molecule has 1 aliphatic carbocycles. The zero-order valence-electron chi connectivity index (χ0n) is 19.4. The largest absolute Gasteiger partial charge is 0.504 e. The first-order valence-electron chi connectivity index (χ1n) is 11.3. The van der Waals surface area contributed by atoms with Crippen LogP contribution in [0, 0.1) is 6.92 Å². The molecule has 0 radical (unpaired) electrons. The molecule has 1 aliphatic rings. The molecule has 0 atom stereocenters. The Bertz CT molecular complexity index is 1540. The molecule has 2 N–H and O–H groups in total. The van der Waals surface area contributed by atoms with Gasteiger partial charge in [0.15, 0.2) is 11.5 Å². The molecule has 35 heavy (non-hydrogen) atoms. The van der Waals surface area contributed by atoms with E-state index in [9.17, 15) is 14.7 Å². The topological polar surface area (TPSA) is 106 Å². The highest BCUT2D eigenvalue weighted by Crippen LogP contribution is 2.34. The summed E-state index contributed by atoms with van der Waals surface area (Å²) in [5.41, 5.74) is 5.13. The SMILES string of the molecule is COc1cc(/C=N/NC(=O)c2cccc(-n3c(C)nc4sc5c(c4c3=O)CCCC5)c2)ccc1O. The number of hydrogen-bond acceptors (Lipinski definition) is 7. The summed E-state index contributed by atoms with van der Waals surface area (Å²) in [7, 11) is 1.46. The lowest BCUT2D eigenvalue weighted by atomic mass is 9.97. The van der Waals surface area contributed by atoms with Gasteiger partial charge in [0.05, 0.1) is 24.4 Å². The predicted octanol–water partition coefficient (Wildman–Crippen LogP) is 4.11. The molecule has 178 valence electrons. The summed E-state index contributed by atoms with van der Waals surface area (Å²) in [6.07, 6.45) is 5.59. The highest BCUT2D eigenvalue weighted by Gasteiger charge is 2.22. The number of aryl methyl sites for hydroxylation is 3. The van der Waals surface area contributed by atoms with E-state index in [-0.39, 0.29) is 11.3 Å². The van der Waals surface area contributed by atoms with Crippen LogP contribution in [0.4, 0.5) is 0 Å². The van der Waals surface area contributed by atoms with Gasteiger partial charge in [-0.1, -0.05) is 6.07 Å². The van der Waals surface area contributed by atoms with Crippen LogP contribution in [0.3, 0.4) is 0 Å². The maximum Gasteiger partial charge on any atom is 0.271 e. The van der Waals surface area contributed by atoms with Gasteiger partial charge in [0, 0.05) is 10.4 Å². The molecule has 2 aromatic heterocycles. The van der Waals surface area contributed by atoms with Crippen molar-refractivity contribution in [2.45, 2.75) is 32.6 Å². The summed E-state index contributed by atoms with van der Waals surface area (Å²) < 4.78 is 6.65. The van der Waals surface area contributed by atoms with Crippen molar-refractivity contribution in [1.82, 2.24) is 15.0 Å². The molecule has 0 saturated carbocycles. The third-order valence-corrected chi connectivity index (χ3v) is 7.29. The van der Waals surface area contributed by atoms with Crippen molar-refractivity contribution in [2.24, 2.45) is 5.10 Å². The van der Waals surface area contributed by atoms with Crippen LogP contribution in [0.2, 0.25) is 0 Å². The lowest BCUT2D eigenvalue weighted by Gasteiger charge is -2.12. The summed E-state index contributed by atoms with van der Waals surface area (Å²) in [5, 5.41) is 14.4. The van der Waals surface area contributed by atoms with E-state index in [1.165, 1.54) is 24.3 Å². The standard InChI is InChI=1S/C26H24N4O4S/c1-15-28-25-23(19-8-3-4-9-22(19)35-25)26(33)30(15)18-7-5-6-17(13-18)24(32)29-27-14-16-10-11-20(31)21(12-16)34-2/h5-7,10-14,31H,3-4,8-9H2,1-2H3,(H,29,32)/b27-14+. The number of methoxy groups -OCH3 is 1. The molecule has 5 rings (SSSR count). The molecule has 0 unspecified atom stereocenters. The third kappa shape index (κ3) is 4.30. The number of phenolic OH excluding ortho intramolecular Hbond substituents is 1. The molecule has 9 heteroatoms. The van der Waals surface area contributed by atoms with E-state index >= 15 is 0 Å². The van der Waals surface area contributed by atoms with Gasteiger partial charge in [0.1, 0.15) is 10.7 Å². The number of ether oxygens (including phenoxy) is 1. The van der Waals surface area contributed by atoms with Crippen LogP contribution < -0.4 is 15.7 Å². The first-order valence-corrected chi connectivity index (χ1v) is 12.1. The second kappa shape index (κ2) is 9.34. The van der Waals surface area contributed by atoms with Gasteiger partial charge in [0.25, 0.3) is 11.5 Å². The van der Waals surface area contributed by atoms with Crippen LogP contribution in [0.25, 0.3) is 15.9 Å². The van der Waals surface area contributed by atoms with Crippen LogP contribution in [0.5, 0.6) is 11.5 Å². The predicted molar refractivity (Wildman–Crippen MR) is 136 cm³/mol. The number of amides is 1. The smallest absolute Gasteiger partial charge is 0.271 e. The summed E-state index contributed by atoms with van der Waals surface area (Å²) in [6.45, 7) is 1.81. The first-order chi connectivity index (χ1) is 17.0. The number of carbonyl (C=O) groups excluding carboxylic acids is 1. The molecule has 0 saturated heterocycles. The number of thiophene rings is 1. The summed E-state index contributed by atoms with van der Waals surface area (Å²) in [4.78, 5) is 33.1. The van der Waals surface area contributed by atoms with Crippen molar-refractivity contribution >= 4 is 33.7 Å². The fourth-order valence-corrected chi connectivity index (χ4v) is 5.70. The number of phenols is 1. The van der Waals surface area contributed by atoms with Crippen molar-refractivity contribution < 1.29 is 14.6 Å². The van der Waals surface area contributed by atoms with Crippen LogP contribution >= 0.6 is 11.3 Å². The number of fused-ring (bicyclic) bond motifs is 3. The lowest BCUT2D eigenvalue weighted by Crippen LogP contribution is -2.23. The van der Waals surface area contributed by atoms with Gasteiger partial charge < -0.3 is 9.84 Å². The number of hydrazone groups is 1. The highest BCUT2D eigenvalue weighted by molar-refractivity contribution is 7.18. The minimum atomic E-state index is -0.415. The molecular formula is C26H24N4O4S.